The number of benzene rings is 3. The second-order valence-corrected chi connectivity index (χ2v) is 8.79. The molecule has 0 spiro atoms. The van der Waals surface area contributed by atoms with Crippen LogP contribution in [0.25, 0.3) is 0 Å². The van der Waals surface area contributed by atoms with Crippen molar-refractivity contribution < 1.29 is 19.0 Å². The molecule has 0 saturated carbocycles. The van der Waals surface area contributed by atoms with Crippen LogP contribution in [-0.4, -0.2) is 30.6 Å². The molecule has 0 N–H and O–H groups in total. The highest BCUT2D eigenvalue weighted by atomic mass is 35.5. The third kappa shape index (κ3) is 5.60. The Hall–Kier alpha value is -3.18. The predicted molar refractivity (Wildman–Crippen MR) is 129 cm³/mol. The predicted octanol–water partition coefficient (Wildman–Crippen LogP) is 5.84. The average Bonchev–Trinajstić information content (AvgIpc) is 2.79. The molecular weight excluding hydrogens is 438 g/mol. The monoisotopic (exact) mass is 465 g/mol. The summed E-state index contributed by atoms with van der Waals surface area (Å²) in [6, 6.07) is 20.8. The fourth-order valence-corrected chi connectivity index (χ4v) is 4.28. The Bertz CT molecular complexity index is 1110. The van der Waals surface area contributed by atoms with Gasteiger partial charge >= 0.3 is 0 Å². The molecule has 6 heteroatoms. The third-order valence-electron chi connectivity index (χ3n) is 5.59. The number of halogens is 1. The van der Waals surface area contributed by atoms with Gasteiger partial charge in [-0.05, 0) is 79.1 Å². The van der Waals surface area contributed by atoms with Crippen LogP contribution in [0.3, 0.4) is 0 Å². The number of amides is 1. The Labute approximate surface area is 199 Å². The van der Waals surface area contributed by atoms with Crippen LogP contribution < -0.4 is 14.2 Å². The summed E-state index contributed by atoms with van der Waals surface area (Å²) < 4.78 is 17.2. The molecule has 0 bridgehead atoms. The molecule has 0 aromatic heterocycles. The number of rotatable bonds is 8. The van der Waals surface area contributed by atoms with Gasteiger partial charge in [-0.15, -0.1) is 0 Å². The normalized spacial score (nSPS) is 15.4. The molecule has 172 valence electrons. The van der Waals surface area contributed by atoms with E-state index in [4.69, 9.17) is 25.8 Å². The van der Waals surface area contributed by atoms with Gasteiger partial charge in [0.15, 0.2) is 0 Å². The molecule has 33 heavy (non-hydrogen) atoms. The molecule has 1 aliphatic heterocycles. The van der Waals surface area contributed by atoms with Gasteiger partial charge in [-0.2, -0.15) is 0 Å². The Balaban J connectivity index is 1.63. The zero-order chi connectivity index (χ0) is 23.4. The van der Waals surface area contributed by atoms with Crippen molar-refractivity contribution in [2.24, 2.45) is 0 Å². The van der Waals surface area contributed by atoms with Crippen LogP contribution in [0.15, 0.2) is 66.7 Å². The first kappa shape index (κ1) is 23.0. The second kappa shape index (κ2) is 10.2. The van der Waals surface area contributed by atoms with Crippen LogP contribution >= 0.6 is 11.6 Å². The molecule has 3 aromatic rings. The molecule has 0 aliphatic carbocycles. The Kier molecular flexibility index (Phi) is 7.09. The SMILES string of the molecule is COc1ccc(OCC2c3ccc(OC(C)C)cc3CC(=O)N2Cc2cccc(Cl)c2)cc1. The van der Waals surface area contributed by atoms with E-state index in [2.05, 4.69) is 0 Å². The van der Waals surface area contributed by atoms with Crippen molar-refractivity contribution in [2.75, 3.05) is 13.7 Å². The summed E-state index contributed by atoms with van der Waals surface area (Å²) in [5.74, 6) is 2.31. The summed E-state index contributed by atoms with van der Waals surface area (Å²) in [6.07, 6.45) is 0.389. The Morgan fingerprint density at radius 3 is 2.42 bits per heavy atom. The topological polar surface area (TPSA) is 48.0 Å². The van der Waals surface area contributed by atoms with Crippen molar-refractivity contribution in [3.63, 3.8) is 0 Å². The summed E-state index contributed by atoms with van der Waals surface area (Å²) in [7, 11) is 1.63. The van der Waals surface area contributed by atoms with Gasteiger partial charge < -0.3 is 19.1 Å². The summed E-state index contributed by atoms with van der Waals surface area (Å²) >= 11 is 6.19. The zero-order valence-electron chi connectivity index (χ0n) is 19.1. The highest BCUT2D eigenvalue weighted by molar-refractivity contribution is 6.30. The number of hydrogen-bond acceptors (Lipinski definition) is 4. The van der Waals surface area contributed by atoms with E-state index in [-0.39, 0.29) is 18.1 Å². The first-order valence-corrected chi connectivity index (χ1v) is 11.4. The van der Waals surface area contributed by atoms with Gasteiger partial charge in [-0.3, -0.25) is 4.79 Å². The van der Waals surface area contributed by atoms with Crippen LogP contribution in [0.5, 0.6) is 17.2 Å². The number of hydrogen-bond donors (Lipinski definition) is 0. The molecule has 1 heterocycles. The second-order valence-electron chi connectivity index (χ2n) is 8.36. The largest absolute Gasteiger partial charge is 0.497 e. The standard InChI is InChI=1S/C27H28ClNO4/c1-18(2)33-24-11-12-25-20(14-24)15-27(30)29(16-19-5-4-6-21(28)13-19)26(25)17-32-23-9-7-22(31-3)8-10-23/h4-14,18,26H,15-17H2,1-3H3. The minimum absolute atomic E-state index is 0.0486. The lowest BCUT2D eigenvalue weighted by atomic mass is 9.91. The third-order valence-corrected chi connectivity index (χ3v) is 5.83. The van der Waals surface area contributed by atoms with Gasteiger partial charge in [0.05, 0.1) is 25.7 Å². The fraction of sp³-hybridized carbons (Fsp3) is 0.296. The number of nitrogens with zero attached hydrogens (tertiary/aromatic N) is 1. The molecule has 3 aromatic carbocycles. The van der Waals surface area contributed by atoms with Crippen molar-refractivity contribution >= 4 is 17.5 Å². The van der Waals surface area contributed by atoms with E-state index in [9.17, 15) is 4.79 Å². The van der Waals surface area contributed by atoms with Crippen molar-refractivity contribution in [1.29, 1.82) is 0 Å². The van der Waals surface area contributed by atoms with Crippen LogP contribution in [0.1, 0.15) is 36.6 Å². The molecule has 5 nitrogen and oxygen atoms in total. The molecular formula is C27H28ClNO4. The average molecular weight is 466 g/mol. The fourth-order valence-electron chi connectivity index (χ4n) is 4.07. The van der Waals surface area contributed by atoms with E-state index >= 15 is 0 Å². The zero-order valence-corrected chi connectivity index (χ0v) is 19.8. The minimum atomic E-state index is -0.240. The number of carbonyl (C=O) groups is 1. The van der Waals surface area contributed by atoms with E-state index in [1.165, 1.54) is 0 Å². The molecule has 4 rings (SSSR count). The lowest BCUT2D eigenvalue weighted by Gasteiger charge is -2.37. The smallest absolute Gasteiger partial charge is 0.227 e. The maximum Gasteiger partial charge on any atom is 0.227 e. The van der Waals surface area contributed by atoms with Crippen LogP contribution in [0, 0.1) is 0 Å². The van der Waals surface area contributed by atoms with Gasteiger partial charge in [0, 0.05) is 11.6 Å². The van der Waals surface area contributed by atoms with E-state index in [1.807, 2.05) is 85.5 Å². The lowest BCUT2D eigenvalue weighted by molar-refractivity contribution is -0.135. The van der Waals surface area contributed by atoms with Crippen LogP contribution in [0.4, 0.5) is 0 Å². The van der Waals surface area contributed by atoms with Gasteiger partial charge in [0.25, 0.3) is 0 Å². The minimum Gasteiger partial charge on any atom is -0.497 e. The molecule has 0 saturated heterocycles. The summed E-state index contributed by atoms with van der Waals surface area (Å²) in [5.41, 5.74) is 3.03. The van der Waals surface area contributed by atoms with Gasteiger partial charge in [-0.25, -0.2) is 0 Å². The van der Waals surface area contributed by atoms with Crippen molar-refractivity contribution in [3.8, 4) is 17.2 Å². The van der Waals surface area contributed by atoms with Crippen molar-refractivity contribution in [3.05, 3.63) is 88.4 Å². The molecule has 1 atom stereocenters. The van der Waals surface area contributed by atoms with Gasteiger partial charge in [-0.1, -0.05) is 29.8 Å². The van der Waals surface area contributed by atoms with Gasteiger partial charge in [0.1, 0.15) is 23.9 Å². The lowest BCUT2D eigenvalue weighted by Crippen LogP contribution is -2.42. The summed E-state index contributed by atoms with van der Waals surface area (Å²) in [4.78, 5) is 15.1. The van der Waals surface area contributed by atoms with Gasteiger partial charge in [0.2, 0.25) is 5.91 Å². The quantitative estimate of drug-likeness (QED) is 0.419. The number of methoxy groups -OCH3 is 1. The highest BCUT2D eigenvalue weighted by Gasteiger charge is 2.33. The first-order valence-electron chi connectivity index (χ1n) is 11.0. The maximum atomic E-state index is 13.3. The molecule has 0 fully saturated rings. The number of ether oxygens (including phenoxy) is 3. The molecule has 1 aliphatic rings. The molecule has 1 amide bonds. The van der Waals surface area contributed by atoms with E-state index in [0.29, 0.717) is 24.6 Å². The van der Waals surface area contributed by atoms with E-state index < -0.39 is 0 Å². The van der Waals surface area contributed by atoms with Crippen molar-refractivity contribution in [1.82, 2.24) is 4.90 Å². The molecule has 1 unspecified atom stereocenters. The van der Waals surface area contributed by atoms with Crippen molar-refractivity contribution in [2.45, 2.75) is 39.0 Å². The number of fused-ring (bicyclic) bond motifs is 1. The van der Waals surface area contributed by atoms with Crippen LogP contribution in [0.2, 0.25) is 5.02 Å². The maximum absolute atomic E-state index is 13.3. The first-order chi connectivity index (χ1) is 15.9. The van der Waals surface area contributed by atoms with Crippen LogP contribution in [-0.2, 0) is 17.8 Å². The van der Waals surface area contributed by atoms with E-state index in [0.717, 1.165) is 33.9 Å². The Morgan fingerprint density at radius 1 is 1.00 bits per heavy atom. The Morgan fingerprint density at radius 2 is 1.73 bits per heavy atom. The summed E-state index contributed by atoms with van der Waals surface area (Å²) in [6.45, 7) is 4.77. The molecule has 0 radical (unpaired) electrons. The van der Waals surface area contributed by atoms with E-state index in [1.54, 1.807) is 7.11 Å². The summed E-state index contributed by atoms with van der Waals surface area (Å²) in [5, 5.41) is 0.652. The highest BCUT2D eigenvalue weighted by Crippen LogP contribution is 2.35. The number of carbonyl (C=O) groups excluding carboxylic acids is 1.